The summed E-state index contributed by atoms with van der Waals surface area (Å²) in [5.41, 5.74) is -0.649. The van der Waals surface area contributed by atoms with Gasteiger partial charge in [0.2, 0.25) is 23.6 Å². The fourth-order valence-electron chi connectivity index (χ4n) is 3.52. The Morgan fingerprint density at radius 1 is 1.19 bits per heavy atom. The van der Waals surface area contributed by atoms with Crippen molar-refractivity contribution < 1.29 is 19.2 Å². The molecule has 1 saturated carbocycles. The van der Waals surface area contributed by atoms with Crippen LogP contribution in [-0.2, 0) is 19.2 Å². The van der Waals surface area contributed by atoms with E-state index in [0.29, 0.717) is 6.04 Å². The number of carbonyl (C=O) groups is 4. The van der Waals surface area contributed by atoms with Gasteiger partial charge in [0.1, 0.15) is 0 Å². The molecule has 1 aliphatic heterocycles. The molecule has 0 aromatic rings. The second kappa shape index (κ2) is 9.57. The summed E-state index contributed by atoms with van der Waals surface area (Å²) in [5.74, 6) is -0.0255. The molecule has 0 spiro atoms. The Balaban J connectivity index is 1.62. The van der Waals surface area contributed by atoms with Crippen molar-refractivity contribution in [2.75, 3.05) is 24.6 Å². The predicted octanol–water partition coefficient (Wildman–Crippen LogP) is 1.32. The van der Waals surface area contributed by atoms with E-state index in [1.165, 1.54) is 29.5 Å². The van der Waals surface area contributed by atoms with Crippen LogP contribution in [0.15, 0.2) is 0 Å². The van der Waals surface area contributed by atoms with Crippen molar-refractivity contribution in [1.29, 1.82) is 0 Å². The van der Waals surface area contributed by atoms with E-state index in [9.17, 15) is 19.2 Å². The SMILES string of the molecule is CC(C)C1(C)CC(=O)N(CCNC(=O)CSCC(=O)NC2CCCC2)C1=O. The highest BCUT2D eigenvalue weighted by atomic mass is 32.2. The average molecular weight is 398 g/mol. The van der Waals surface area contributed by atoms with Crippen LogP contribution in [0.1, 0.15) is 52.9 Å². The third-order valence-electron chi connectivity index (χ3n) is 5.67. The van der Waals surface area contributed by atoms with Crippen molar-refractivity contribution in [1.82, 2.24) is 15.5 Å². The molecule has 2 rings (SSSR count). The van der Waals surface area contributed by atoms with E-state index in [0.717, 1.165) is 12.8 Å². The zero-order chi connectivity index (χ0) is 20.0. The van der Waals surface area contributed by atoms with Crippen LogP contribution in [-0.4, -0.2) is 59.2 Å². The summed E-state index contributed by atoms with van der Waals surface area (Å²) in [7, 11) is 0. The Bertz CT molecular complexity index is 590. The summed E-state index contributed by atoms with van der Waals surface area (Å²) < 4.78 is 0. The number of nitrogens with one attached hydrogen (secondary N) is 2. The second-order valence-corrected chi connectivity index (χ2v) is 8.98. The van der Waals surface area contributed by atoms with Crippen LogP contribution in [0.4, 0.5) is 0 Å². The molecule has 1 atom stereocenters. The van der Waals surface area contributed by atoms with Gasteiger partial charge in [-0.05, 0) is 25.7 Å². The zero-order valence-corrected chi connectivity index (χ0v) is 17.3. The van der Waals surface area contributed by atoms with Crippen molar-refractivity contribution in [3.63, 3.8) is 0 Å². The van der Waals surface area contributed by atoms with Crippen molar-refractivity contribution in [3.8, 4) is 0 Å². The molecule has 0 bridgehead atoms. The zero-order valence-electron chi connectivity index (χ0n) is 16.5. The summed E-state index contributed by atoms with van der Waals surface area (Å²) >= 11 is 1.27. The van der Waals surface area contributed by atoms with Crippen molar-refractivity contribution >= 4 is 35.4 Å². The molecule has 1 unspecified atom stereocenters. The molecular weight excluding hydrogens is 366 g/mol. The van der Waals surface area contributed by atoms with Crippen LogP contribution >= 0.6 is 11.8 Å². The van der Waals surface area contributed by atoms with Crippen molar-refractivity contribution in [3.05, 3.63) is 0 Å². The molecule has 27 heavy (non-hydrogen) atoms. The van der Waals surface area contributed by atoms with Crippen molar-refractivity contribution in [2.45, 2.75) is 58.9 Å². The fraction of sp³-hybridized carbons (Fsp3) is 0.789. The molecule has 2 N–H and O–H groups in total. The van der Waals surface area contributed by atoms with Gasteiger partial charge in [0.15, 0.2) is 0 Å². The highest BCUT2D eigenvalue weighted by molar-refractivity contribution is 8.00. The first-order valence-electron chi connectivity index (χ1n) is 9.72. The smallest absolute Gasteiger partial charge is 0.235 e. The topological polar surface area (TPSA) is 95.6 Å². The molecule has 8 heteroatoms. The summed E-state index contributed by atoms with van der Waals surface area (Å²) in [6, 6.07) is 0.291. The number of imide groups is 1. The highest BCUT2D eigenvalue weighted by Gasteiger charge is 2.49. The van der Waals surface area contributed by atoms with Gasteiger partial charge in [0.05, 0.1) is 16.9 Å². The van der Waals surface area contributed by atoms with Gasteiger partial charge < -0.3 is 10.6 Å². The summed E-state index contributed by atoms with van der Waals surface area (Å²) in [4.78, 5) is 49.6. The Morgan fingerprint density at radius 2 is 1.81 bits per heavy atom. The lowest BCUT2D eigenvalue weighted by molar-refractivity contribution is -0.142. The van der Waals surface area contributed by atoms with Crippen LogP contribution < -0.4 is 10.6 Å². The largest absolute Gasteiger partial charge is 0.354 e. The highest BCUT2D eigenvalue weighted by Crippen LogP contribution is 2.38. The Kier molecular flexibility index (Phi) is 7.70. The van der Waals surface area contributed by atoms with Gasteiger partial charge in [-0.25, -0.2) is 0 Å². The first-order valence-corrected chi connectivity index (χ1v) is 10.9. The number of hydrogen-bond donors (Lipinski definition) is 2. The Hall–Kier alpha value is -1.57. The van der Waals surface area contributed by atoms with Gasteiger partial charge in [-0.1, -0.05) is 26.7 Å². The Labute approximate surface area is 165 Å². The summed E-state index contributed by atoms with van der Waals surface area (Å²) in [6.07, 6.45) is 4.64. The van der Waals surface area contributed by atoms with E-state index in [2.05, 4.69) is 10.6 Å². The van der Waals surface area contributed by atoms with Crippen LogP contribution in [0, 0.1) is 11.3 Å². The third-order valence-corrected chi connectivity index (χ3v) is 6.60. The van der Waals surface area contributed by atoms with Crippen LogP contribution in [0.25, 0.3) is 0 Å². The monoisotopic (exact) mass is 397 g/mol. The number of likely N-dealkylation sites (tertiary alicyclic amines) is 1. The van der Waals surface area contributed by atoms with Gasteiger partial charge in [0.25, 0.3) is 0 Å². The molecule has 0 aromatic carbocycles. The van der Waals surface area contributed by atoms with Gasteiger partial charge in [-0.2, -0.15) is 0 Å². The number of hydrogen-bond acceptors (Lipinski definition) is 5. The van der Waals surface area contributed by atoms with E-state index in [1.807, 2.05) is 20.8 Å². The lowest BCUT2D eigenvalue weighted by Crippen LogP contribution is -2.41. The lowest BCUT2D eigenvalue weighted by atomic mass is 9.78. The number of thioether (sulfide) groups is 1. The first kappa shape index (κ1) is 21.7. The van der Waals surface area contributed by atoms with Crippen molar-refractivity contribution in [2.24, 2.45) is 11.3 Å². The summed E-state index contributed by atoms with van der Waals surface area (Å²) in [6.45, 7) is 6.13. The number of carbonyl (C=O) groups excluding carboxylic acids is 4. The molecule has 4 amide bonds. The first-order chi connectivity index (χ1) is 12.7. The van der Waals surface area contributed by atoms with E-state index in [-0.39, 0.29) is 60.6 Å². The predicted molar refractivity (Wildman–Crippen MR) is 105 cm³/mol. The maximum Gasteiger partial charge on any atom is 0.235 e. The van der Waals surface area contributed by atoms with Gasteiger partial charge >= 0.3 is 0 Å². The fourth-order valence-corrected chi connectivity index (χ4v) is 4.18. The van der Waals surface area contributed by atoms with E-state index in [1.54, 1.807) is 0 Å². The molecular formula is C19H31N3O4S. The molecule has 7 nitrogen and oxygen atoms in total. The van der Waals surface area contributed by atoms with E-state index in [4.69, 9.17) is 0 Å². The number of nitrogens with zero attached hydrogens (tertiary/aromatic N) is 1. The normalized spacial score (nSPS) is 23.3. The molecule has 2 aliphatic rings. The maximum absolute atomic E-state index is 12.5. The van der Waals surface area contributed by atoms with Crippen LogP contribution in [0.2, 0.25) is 0 Å². The number of amides is 4. The van der Waals surface area contributed by atoms with E-state index >= 15 is 0 Å². The van der Waals surface area contributed by atoms with E-state index < -0.39 is 5.41 Å². The van der Waals surface area contributed by atoms with Crippen LogP contribution in [0.5, 0.6) is 0 Å². The standard InChI is InChI=1S/C19H31N3O4S/c1-13(2)19(3)10-17(25)22(18(19)26)9-8-20-15(23)11-27-12-16(24)21-14-6-4-5-7-14/h13-14H,4-12H2,1-3H3,(H,20,23)(H,21,24). The minimum absolute atomic E-state index is 0.0269. The second-order valence-electron chi connectivity index (χ2n) is 7.99. The molecule has 1 saturated heterocycles. The molecule has 0 radical (unpaired) electrons. The third kappa shape index (κ3) is 5.70. The molecule has 1 aliphatic carbocycles. The minimum atomic E-state index is -0.649. The van der Waals surface area contributed by atoms with Crippen LogP contribution in [0.3, 0.4) is 0 Å². The molecule has 1 heterocycles. The summed E-state index contributed by atoms with van der Waals surface area (Å²) in [5, 5.41) is 5.70. The molecule has 2 fully saturated rings. The average Bonchev–Trinajstić information content (AvgIpc) is 3.17. The molecule has 152 valence electrons. The lowest BCUT2D eigenvalue weighted by Gasteiger charge is -2.26. The quantitative estimate of drug-likeness (QED) is 0.572. The van der Waals surface area contributed by atoms with Gasteiger partial charge in [0, 0.05) is 25.6 Å². The molecule has 0 aromatic heterocycles. The number of rotatable bonds is 9. The van der Waals surface area contributed by atoms with Gasteiger partial charge in [-0.3, -0.25) is 24.1 Å². The van der Waals surface area contributed by atoms with Gasteiger partial charge in [-0.15, -0.1) is 11.8 Å². The minimum Gasteiger partial charge on any atom is -0.354 e. The Morgan fingerprint density at radius 3 is 2.41 bits per heavy atom. The maximum atomic E-state index is 12.5.